The van der Waals surface area contributed by atoms with E-state index >= 15 is 0 Å². The van der Waals surface area contributed by atoms with Crippen LogP contribution in [0.15, 0.2) is 42.7 Å². The summed E-state index contributed by atoms with van der Waals surface area (Å²) in [5.74, 6) is 1.48. The molecule has 7 heteroatoms. The maximum absolute atomic E-state index is 7.17. The number of anilines is 2. The molecule has 6 nitrogen and oxygen atoms in total. The average Bonchev–Trinajstić information content (AvgIpc) is 3.06. The minimum Gasteiger partial charge on any atom is -0.497 e. The fourth-order valence-electron chi connectivity index (χ4n) is 2.47. The van der Waals surface area contributed by atoms with Crippen LogP contribution in [0.1, 0.15) is 0 Å². The lowest BCUT2D eigenvalue weighted by Crippen LogP contribution is -1.96. The minimum atomic E-state index is 0.414. The molecule has 0 saturated heterocycles. The van der Waals surface area contributed by atoms with Gasteiger partial charge < -0.3 is 14.9 Å². The van der Waals surface area contributed by atoms with Crippen molar-refractivity contribution in [3.05, 3.63) is 54.1 Å². The van der Waals surface area contributed by atoms with Crippen LogP contribution in [-0.2, 0) is 0 Å². The molecule has 0 aliphatic rings. The number of nitrogens with one attached hydrogen (secondary N) is 1. The van der Waals surface area contributed by atoms with Crippen molar-refractivity contribution in [3.63, 3.8) is 0 Å². The molecule has 0 atom stereocenters. The molecule has 0 aliphatic carbocycles. The van der Waals surface area contributed by atoms with Gasteiger partial charge in [0.2, 0.25) is 0 Å². The monoisotopic (exact) mass is 333 g/mol. The molecular weight excluding hydrogens is 322 g/mol. The zero-order chi connectivity index (χ0) is 16.5. The van der Waals surface area contributed by atoms with Crippen molar-refractivity contribution in [2.75, 3.05) is 12.4 Å². The smallest absolute Gasteiger partial charge is 0.330 e. The molecule has 0 amide bonds. The summed E-state index contributed by atoms with van der Waals surface area (Å²) < 4.78 is 6.09. The van der Waals surface area contributed by atoms with Crippen molar-refractivity contribution < 1.29 is 4.74 Å². The number of hydrogen-bond donors (Lipinski definition) is 1. The highest BCUT2D eigenvalue weighted by atomic mass is 32.1. The molecule has 0 aliphatic heterocycles. The average molecular weight is 333 g/mol. The van der Waals surface area contributed by atoms with Crippen LogP contribution >= 0.6 is 11.3 Å². The molecule has 2 aromatic carbocycles. The molecule has 4 rings (SSSR count). The third kappa shape index (κ3) is 2.39. The van der Waals surface area contributed by atoms with Gasteiger partial charge in [0, 0.05) is 5.69 Å². The molecule has 0 saturated carbocycles. The fourth-order valence-corrected chi connectivity index (χ4v) is 3.37. The zero-order valence-electron chi connectivity index (χ0n) is 12.6. The van der Waals surface area contributed by atoms with E-state index in [1.165, 1.54) is 17.7 Å². The van der Waals surface area contributed by atoms with Crippen LogP contribution in [0.3, 0.4) is 0 Å². The van der Waals surface area contributed by atoms with E-state index in [2.05, 4.69) is 25.1 Å². The maximum Gasteiger partial charge on any atom is 0.330 e. The third-order valence-corrected chi connectivity index (χ3v) is 4.58. The minimum absolute atomic E-state index is 0.414. The Morgan fingerprint density at radius 2 is 1.88 bits per heavy atom. The number of hydrogen-bond acceptors (Lipinski definition) is 6. The Morgan fingerprint density at radius 3 is 2.62 bits per heavy atom. The SMILES string of the molecule is [C-]#[N+]c1nc2ccc3ncnc(Nc4ccc(OC)cc4)c3c2s1. The molecule has 0 bridgehead atoms. The van der Waals surface area contributed by atoms with Crippen molar-refractivity contribution in [1.82, 2.24) is 15.0 Å². The number of ether oxygens (including phenoxy) is 1. The normalized spacial score (nSPS) is 10.7. The maximum atomic E-state index is 7.17. The number of nitrogens with zero attached hydrogens (tertiary/aromatic N) is 4. The standard InChI is InChI=1S/C17H11N5OS/c1-18-17-22-13-8-7-12-14(15(13)24-17)16(20-9-19-12)21-10-3-5-11(23-2)6-4-10/h3-9H,2H3,(H,19,20,21). The van der Waals surface area contributed by atoms with E-state index < -0.39 is 0 Å². The Bertz CT molecular complexity index is 1080. The van der Waals surface area contributed by atoms with E-state index in [0.717, 1.165) is 32.6 Å². The van der Waals surface area contributed by atoms with E-state index in [9.17, 15) is 0 Å². The van der Waals surface area contributed by atoms with E-state index in [4.69, 9.17) is 11.3 Å². The highest BCUT2D eigenvalue weighted by Gasteiger charge is 2.14. The van der Waals surface area contributed by atoms with E-state index in [-0.39, 0.29) is 0 Å². The van der Waals surface area contributed by atoms with Gasteiger partial charge in [0.25, 0.3) is 0 Å². The molecule has 0 spiro atoms. The summed E-state index contributed by atoms with van der Waals surface area (Å²) in [7, 11) is 1.63. The predicted molar refractivity (Wildman–Crippen MR) is 95.3 cm³/mol. The van der Waals surface area contributed by atoms with Gasteiger partial charge in [-0.2, -0.15) is 0 Å². The summed E-state index contributed by atoms with van der Waals surface area (Å²) in [4.78, 5) is 16.5. The summed E-state index contributed by atoms with van der Waals surface area (Å²) in [5, 5.41) is 4.60. The third-order valence-electron chi connectivity index (χ3n) is 3.59. The van der Waals surface area contributed by atoms with Crippen molar-refractivity contribution in [3.8, 4) is 5.75 Å². The highest BCUT2D eigenvalue weighted by molar-refractivity contribution is 7.23. The first-order valence-corrected chi connectivity index (χ1v) is 7.93. The van der Waals surface area contributed by atoms with E-state index in [1.807, 2.05) is 36.4 Å². The topological polar surface area (TPSA) is 64.3 Å². The second kappa shape index (κ2) is 5.76. The van der Waals surface area contributed by atoms with Gasteiger partial charge in [0.1, 0.15) is 17.9 Å². The molecule has 0 unspecified atom stereocenters. The van der Waals surface area contributed by atoms with Gasteiger partial charge in [0.05, 0.1) is 22.7 Å². The van der Waals surface area contributed by atoms with Crippen LogP contribution < -0.4 is 10.1 Å². The Balaban J connectivity index is 1.87. The number of fused-ring (bicyclic) bond motifs is 3. The van der Waals surface area contributed by atoms with Gasteiger partial charge in [-0.1, -0.05) is 6.57 Å². The van der Waals surface area contributed by atoms with Gasteiger partial charge in [-0.05, 0) is 36.4 Å². The Morgan fingerprint density at radius 1 is 1.08 bits per heavy atom. The van der Waals surface area contributed by atoms with E-state index in [1.54, 1.807) is 7.11 Å². The molecule has 2 heterocycles. The van der Waals surface area contributed by atoms with Crippen LogP contribution in [-0.4, -0.2) is 22.1 Å². The lowest BCUT2D eigenvalue weighted by Gasteiger charge is -2.09. The van der Waals surface area contributed by atoms with Crippen LogP contribution in [0.2, 0.25) is 0 Å². The van der Waals surface area contributed by atoms with E-state index in [0.29, 0.717) is 10.9 Å². The van der Waals surface area contributed by atoms with Crippen molar-refractivity contribution in [1.29, 1.82) is 0 Å². The molecule has 0 fully saturated rings. The number of aromatic nitrogens is 3. The van der Waals surface area contributed by atoms with Crippen LogP contribution in [0.4, 0.5) is 16.6 Å². The first-order valence-electron chi connectivity index (χ1n) is 7.11. The largest absolute Gasteiger partial charge is 0.497 e. The Kier molecular flexibility index (Phi) is 3.44. The Labute approximate surface area is 141 Å². The molecule has 24 heavy (non-hydrogen) atoms. The molecule has 116 valence electrons. The van der Waals surface area contributed by atoms with Gasteiger partial charge in [-0.15, -0.1) is 16.3 Å². The van der Waals surface area contributed by atoms with Crippen molar-refractivity contribution in [2.24, 2.45) is 0 Å². The number of methoxy groups -OCH3 is 1. The molecule has 0 radical (unpaired) electrons. The van der Waals surface area contributed by atoms with Crippen LogP contribution in [0.5, 0.6) is 5.75 Å². The lowest BCUT2D eigenvalue weighted by atomic mass is 10.2. The van der Waals surface area contributed by atoms with Crippen LogP contribution in [0.25, 0.3) is 26.0 Å². The van der Waals surface area contributed by atoms with Crippen molar-refractivity contribution >= 4 is 49.1 Å². The second-order valence-electron chi connectivity index (χ2n) is 4.99. The molecular formula is C17H11N5OS. The summed E-state index contributed by atoms with van der Waals surface area (Å²) in [6.07, 6.45) is 1.52. The predicted octanol–water partition coefficient (Wildman–Crippen LogP) is 4.54. The summed E-state index contributed by atoms with van der Waals surface area (Å²) in [6.45, 7) is 7.17. The van der Waals surface area contributed by atoms with Crippen molar-refractivity contribution in [2.45, 2.75) is 0 Å². The second-order valence-corrected chi connectivity index (χ2v) is 5.97. The highest BCUT2D eigenvalue weighted by Crippen LogP contribution is 2.36. The van der Waals surface area contributed by atoms with Gasteiger partial charge in [-0.3, -0.25) is 0 Å². The molecule has 2 aromatic heterocycles. The fraction of sp³-hybridized carbons (Fsp3) is 0.0588. The van der Waals surface area contributed by atoms with Gasteiger partial charge in [0.15, 0.2) is 5.52 Å². The van der Waals surface area contributed by atoms with Crippen LogP contribution in [0, 0.1) is 6.57 Å². The van der Waals surface area contributed by atoms with Gasteiger partial charge >= 0.3 is 5.13 Å². The zero-order valence-corrected chi connectivity index (χ0v) is 13.5. The summed E-state index contributed by atoms with van der Waals surface area (Å²) >= 11 is 1.35. The lowest BCUT2D eigenvalue weighted by molar-refractivity contribution is 0.415. The number of rotatable bonds is 3. The molecule has 1 N–H and O–H groups in total. The molecule has 4 aromatic rings. The number of thiazole rings is 1. The first-order chi connectivity index (χ1) is 11.8. The van der Waals surface area contributed by atoms with Gasteiger partial charge in [-0.25, -0.2) is 9.97 Å². The Hall–Kier alpha value is -3.24. The number of benzene rings is 2. The quantitative estimate of drug-likeness (QED) is 0.558. The summed E-state index contributed by atoms with van der Waals surface area (Å²) in [6, 6.07) is 11.4. The summed E-state index contributed by atoms with van der Waals surface area (Å²) in [5.41, 5.74) is 2.49. The first kappa shape index (κ1) is 14.4.